The second kappa shape index (κ2) is 10.3. The van der Waals surface area contributed by atoms with Gasteiger partial charge in [0.1, 0.15) is 12.6 Å². The number of aryl methyl sites for hydroxylation is 1. The molecule has 2 rings (SSSR count). The van der Waals surface area contributed by atoms with E-state index >= 15 is 0 Å². The first kappa shape index (κ1) is 24.9. The number of hydrogen-bond acceptors (Lipinski definition) is 4. The quantitative estimate of drug-likeness (QED) is 0.592. The maximum Gasteiger partial charge on any atom is 0.244 e. The van der Waals surface area contributed by atoms with Crippen LogP contribution in [0.5, 0.6) is 0 Å². The molecule has 1 atom stereocenters. The lowest BCUT2D eigenvalue weighted by atomic mass is 10.1. The molecule has 0 bridgehead atoms. The van der Waals surface area contributed by atoms with Crippen LogP contribution in [0, 0.1) is 13.8 Å². The molecule has 168 valence electrons. The molecule has 9 heteroatoms. The summed E-state index contributed by atoms with van der Waals surface area (Å²) in [6.07, 6.45) is 1.07. The second-order valence-electron chi connectivity index (χ2n) is 7.43. The lowest BCUT2D eigenvalue weighted by Crippen LogP contribution is -2.50. The standard InChI is InChI=1S/C22H28BrN3O4S/c1-15-7-6-8-20(16(15)2)26(31(5,29)30)14-21(27)25(17(3)22(28)24-4)13-18-9-11-19(23)12-10-18/h6-12,17H,13-14H2,1-5H3,(H,24,28). The van der Waals surface area contributed by atoms with Gasteiger partial charge in [0.05, 0.1) is 11.9 Å². The van der Waals surface area contributed by atoms with Gasteiger partial charge in [-0.2, -0.15) is 0 Å². The molecule has 0 saturated carbocycles. The highest BCUT2D eigenvalue weighted by Crippen LogP contribution is 2.25. The van der Waals surface area contributed by atoms with Crippen LogP contribution in [0.25, 0.3) is 0 Å². The number of benzene rings is 2. The fourth-order valence-corrected chi connectivity index (χ4v) is 4.34. The number of nitrogens with one attached hydrogen (secondary N) is 1. The highest BCUT2D eigenvalue weighted by Gasteiger charge is 2.30. The van der Waals surface area contributed by atoms with E-state index in [1.165, 1.54) is 11.9 Å². The van der Waals surface area contributed by atoms with Crippen LogP contribution in [0.15, 0.2) is 46.9 Å². The Labute approximate surface area is 192 Å². The van der Waals surface area contributed by atoms with Crippen molar-refractivity contribution >= 4 is 43.5 Å². The largest absolute Gasteiger partial charge is 0.357 e. The Balaban J connectivity index is 2.42. The molecule has 0 saturated heterocycles. The van der Waals surface area contributed by atoms with Crippen molar-refractivity contribution in [1.29, 1.82) is 0 Å². The molecule has 0 heterocycles. The Hall–Kier alpha value is -2.39. The number of hydrogen-bond donors (Lipinski definition) is 1. The van der Waals surface area contributed by atoms with Crippen molar-refractivity contribution in [2.45, 2.75) is 33.4 Å². The number of carbonyl (C=O) groups excluding carboxylic acids is 2. The topological polar surface area (TPSA) is 86.8 Å². The van der Waals surface area contributed by atoms with Gasteiger partial charge in [-0.3, -0.25) is 13.9 Å². The van der Waals surface area contributed by atoms with Gasteiger partial charge in [-0.25, -0.2) is 8.42 Å². The lowest BCUT2D eigenvalue weighted by molar-refractivity contribution is -0.139. The molecular formula is C22H28BrN3O4S. The third-order valence-electron chi connectivity index (χ3n) is 5.20. The van der Waals surface area contributed by atoms with Crippen molar-refractivity contribution in [3.05, 3.63) is 63.6 Å². The van der Waals surface area contributed by atoms with E-state index in [9.17, 15) is 18.0 Å². The summed E-state index contributed by atoms with van der Waals surface area (Å²) < 4.78 is 27.2. The van der Waals surface area contributed by atoms with Crippen LogP contribution in [0.4, 0.5) is 5.69 Å². The molecule has 0 aliphatic rings. The highest BCUT2D eigenvalue weighted by atomic mass is 79.9. The molecule has 1 N–H and O–H groups in total. The van der Waals surface area contributed by atoms with Crippen LogP contribution >= 0.6 is 15.9 Å². The predicted molar refractivity (Wildman–Crippen MR) is 126 cm³/mol. The monoisotopic (exact) mass is 509 g/mol. The van der Waals surface area contributed by atoms with Crippen molar-refractivity contribution in [2.24, 2.45) is 0 Å². The third kappa shape index (κ3) is 6.30. The Morgan fingerprint density at radius 1 is 1.10 bits per heavy atom. The van der Waals surface area contributed by atoms with Crippen LogP contribution in [0.2, 0.25) is 0 Å². The summed E-state index contributed by atoms with van der Waals surface area (Å²) in [5.74, 6) is -0.798. The number of sulfonamides is 1. The molecule has 0 radical (unpaired) electrons. The fraction of sp³-hybridized carbons (Fsp3) is 0.364. The highest BCUT2D eigenvalue weighted by molar-refractivity contribution is 9.10. The van der Waals surface area contributed by atoms with E-state index in [-0.39, 0.29) is 12.5 Å². The molecule has 0 aliphatic carbocycles. The molecule has 0 aromatic heterocycles. The van der Waals surface area contributed by atoms with Crippen LogP contribution in [0.3, 0.4) is 0 Å². The number of likely N-dealkylation sites (N-methyl/N-ethyl adjacent to an activating group) is 1. The number of nitrogens with zero attached hydrogens (tertiary/aromatic N) is 2. The minimum atomic E-state index is -3.74. The van der Waals surface area contributed by atoms with E-state index in [0.29, 0.717) is 5.69 Å². The minimum Gasteiger partial charge on any atom is -0.357 e. The molecule has 0 spiro atoms. The SMILES string of the molecule is CNC(=O)C(C)N(Cc1ccc(Br)cc1)C(=O)CN(c1cccc(C)c1C)S(C)(=O)=O. The predicted octanol–water partition coefficient (Wildman–Crippen LogP) is 3.00. The first-order chi connectivity index (χ1) is 14.5. The van der Waals surface area contributed by atoms with Gasteiger partial charge < -0.3 is 10.2 Å². The van der Waals surface area contributed by atoms with E-state index in [1.807, 2.05) is 44.2 Å². The molecule has 1 unspecified atom stereocenters. The van der Waals surface area contributed by atoms with Crippen molar-refractivity contribution < 1.29 is 18.0 Å². The summed E-state index contributed by atoms with van der Waals surface area (Å²) in [4.78, 5) is 27.0. The van der Waals surface area contributed by atoms with E-state index < -0.39 is 28.5 Å². The van der Waals surface area contributed by atoms with E-state index in [4.69, 9.17) is 0 Å². The van der Waals surface area contributed by atoms with Crippen LogP contribution < -0.4 is 9.62 Å². The Morgan fingerprint density at radius 2 is 1.71 bits per heavy atom. The van der Waals surface area contributed by atoms with Crippen LogP contribution in [-0.4, -0.2) is 51.0 Å². The smallest absolute Gasteiger partial charge is 0.244 e. The van der Waals surface area contributed by atoms with Gasteiger partial charge >= 0.3 is 0 Å². The summed E-state index contributed by atoms with van der Waals surface area (Å²) in [5.41, 5.74) is 2.97. The van der Waals surface area contributed by atoms with Crippen molar-refractivity contribution in [1.82, 2.24) is 10.2 Å². The molecular weight excluding hydrogens is 482 g/mol. The third-order valence-corrected chi connectivity index (χ3v) is 6.86. The van der Waals surface area contributed by atoms with E-state index in [1.54, 1.807) is 19.1 Å². The molecule has 31 heavy (non-hydrogen) atoms. The average Bonchev–Trinajstić information content (AvgIpc) is 2.71. The summed E-state index contributed by atoms with van der Waals surface area (Å²) in [6.45, 7) is 5.10. The average molecular weight is 510 g/mol. The summed E-state index contributed by atoms with van der Waals surface area (Å²) in [5, 5.41) is 2.55. The number of rotatable bonds is 8. The van der Waals surface area contributed by atoms with Crippen LogP contribution in [-0.2, 0) is 26.2 Å². The van der Waals surface area contributed by atoms with Gasteiger partial charge in [0.15, 0.2) is 0 Å². The summed E-state index contributed by atoms with van der Waals surface area (Å²) in [7, 11) is -2.24. The Kier molecular flexibility index (Phi) is 8.25. The number of halogens is 1. The summed E-state index contributed by atoms with van der Waals surface area (Å²) in [6, 6.07) is 11.9. The molecule has 0 aliphatic heterocycles. The van der Waals surface area contributed by atoms with E-state index in [2.05, 4.69) is 21.2 Å². The molecule has 2 amide bonds. The fourth-order valence-electron chi connectivity index (χ4n) is 3.18. The van der Waals surface area contributed by atoms with Gasteiger partial charge in [0.2, 0.25) is 21.8 Å². The maximum atomic E-state index is 13.3. The first-order valence-electron chi connectivity index (χ1n) is 9.75. The Morgan fingerprint density at radius 3 is 2.26 bits per heavy atom. The normalized spacial score (nSPS) is 12.2. The van der Waals surface area contributed by atoms with Gasteiger partial charge in [-0.05, 0) is 55.7 Å². The summed E-state index contributed by atoms with van der Waals surface area (Å²) >= 11 is 3.38. The van der Waals surface area contributed by atoms with Crippen molar-refractivity contribution in [2.75, 3.05) is 24.2 Å². The van der Waals surface area contributed by atoms with Crippen molar-refractivity contribution in [3.63, 3.8) is 0 Å². The molecule has 7 nitrogen and oxygen atoms in total. The molecule has 2 aromatic rings. The van der Waals surface area contributed by atoms with Gasteiger partial charge in [-0.1, -0.05) is 40.2 Å². The number of anilines is 1. The minimum absolute atomic E-state index is 0.172. The van der Waals surface area contributed by atoms with Gasteiger partial charge in [0, 0.05) is 18.1 Å². The Bertz CT molecular complexity index is 1050. The number of amides is 2. The second-order valence-corrected chi connectivity index (χ2v) is 10.2. The van der Waals surface area contributed by atoms with Crippen molar-refractivity contribution in [3.8, 4) is 0 Å². The zero-order chi connectivity index (χ0) is 23.3. The van der Waals surface area contributed by atoms with Gasteiger partial charge in [-0.15, -0.1) is 0 Å². The zero-order valence-electron chi connectivity index (χ0n) is 18.3. The van der Waals surface area contributed by atoms with Crippen LogP contribution in [0.1, 0.15) is 23.6 Å². The first-order valence-corrected chi connectivity index (χ1v) is 12.4. The van der Waals surface area contributed by atoms with Gasteiger partial charge in [0.25, 0.3) is 0 Å². The number of carbonyl (C=O) groups is 2. The zero-order valence-corrected chi connectivity index (χ0v) is 20.7. The molecule has 0 fully saturated rings. The molecule has 2 aromatic carbocycles. The van der Waals surface area contributed by atoms with E-state index in [0.717, 1.165) is 31.7 Å². The lowest BCUT2D eigenvalue weighted by Gasteiger charge is -2.31. The maximum absolute atomic E-state index is 13.3.